The summed E-state index contributed by atoms with van der Waals surface area (Å²) in [6.45, 7) is 4.07. The molecule has 108 valence electrons. The van der Waals surface area contributed by atoms with Crippen LogP contribution in [0, 0.1) is 12.3 Å². The smallest absolute Gasteiger partial charge is 0.148 e. The minimum atomic E-state index is 0.288. The van der Waals surface area contributed by atoms with Gasteiger partial charge in [0, 0.05) is 29.2 Å². The summed E-state index contributed by atoms with van der Waals surface area (Å²) in [4.78, 5) is 0. The van der Waals surface area contributed by atoms with Gasteiger partial charge in [0.05, 0.1) is 6.10 Å². The number of hydrogen-bond donors (Lipinski definition) is 1. The van der Waals surface area contributed by atoms with Crippen molar-refractivity contribution in [3.8, 4) is 18.1 Å². The Balaban J connectivity index is 1.96. The third kappa shape index (κ3) is 4.24. The lowest BCUT2D eigenvalue weighted by Crippen LogP contribution is -2.36. The molecular weight excluding hydrogens is 318 g/mol. The summed E-state index contributed by atoms with van der Waals surface area (Å²) in [5.41, 5.74) is 1.10. The highest BCUT2D eigenvalue weighted by atomic mass is 79.9. The minimum absolute atomic E-state index is 0.288. The number of rotatable bonds is 6. The summed E-state index contributed by atoms with van der Waals surface area (Å²) in [6, 6.07) is 6.28. The number of hydrogen-bond acceptors (Lipinski definition) is 3. The first-order valence-electron chi connectivity index (χ1n) is 6.90. The van der Waals surface area contributed by atoms with E-state index in [0.717, 1.165) is 41.8 Å². The van der Waals surface area contributed by atoms with Gasteiger partial charge in [-0.3, -0.25) is 0 Å². The molecule has 2 unspecified atom stereocenters. The zero-order chi connectivity index (χ0) is 14.4. The number of ether oxygens (including phenoxy) is 2. The van der Waals surface area contributed by atoms with Crippen LogP contribution in [0.25, 0.3) is 0 Å². The van der Waals surface area contributed by atoms with Gasteiger partial charge in [0.2, 0.25) is 0 Å². The molecule has 0 amide bonds. The quantitative estimate of drug-likeness (QED) is 0.809. The monoisotopic (exact) mass is 337 g/mol. The van der Waals surface area contributed by atoms with E-state index >= 15 is 0 Å². The molecule has 1 aromatic rings. The summed E-state index contributed by atoms with van der Waals surface area (Å²) in [6.07, 6.45) is 7.85. The largest absolute Gasteiger partial charge is 0.481 e. The van der Waals surface area contributed by atoms with Crippen LogP contribution in [0.3, 0.4) is 0 Å². The van der Waals surface area contributed by atoms with E-state index in [1.165, 1.54) is 0 Å². The topological polar surface area (TPSA) is 30.5 Å². The van der Waals surface area contributed by atoms with Gasteiger partial charge < -0.3 is 14.8 Å². The van der Waals surface area contributed by atoms with Crippen molar-refractivity contribution < 1.29 is 9.47 Å². The van der Waals surface area contributed by atoms with E-state index in [4.69, 9.17) is 15.9 Å². The zero-order valence-electron chi connectivity index (χ0n) is 11.7. The summed E-state index contributed by atoms with van der Waals surface area (Å²) in [7, 11) is 0. The molecule has 1 N–H and O–H groups in total. The van der Waals surface area contributed by atoms with Gasteiger partial charge in [-0.2, -0.15) is 0 Å². The lowest BCUT2D eigenvalue weighted by atomic mass is 10.1. The molecule has 2 rings (SSSR count). The Labute approximate surface area is 129 Å². The Hall–Kier alpha value is -1.02. The van der Waals surface area contributed by atoms with E-state index in [-0.39, 0.29) is 6.61 Å². The molecule has 0 spiro atoms. The molecule has 3 nitrogen and oxygen atoms in total. The molecule has 0 bridgehead atoms. The first-order chi connectivity index (χ1) is 9.70. The molecule has 0 radical (unpaired) electrons. The van der Waals surface area contributed by atoms with Gasteiger partial charge in [0.25, 0.3) is 0 Å². The summed E-state index contributed by atoms with van der Waals surface area (Å²) < 4.78 is 12.3. The summed E-state index contributed by atoms with van der Waals surface area (Å²) in [5.74, 6) is 3.32. The number of terminal acetylenes is 1. The third-order valence-electron chi connectivity index (χ3n) is 3.47. The van der Waals surface area contributed by atoms with Gasteiger partial charge in [0.1, 0.15) is 12.4 Å². The van der Waals surface area contributed by atoms with E-state index in [1.54, 1.807) is 0 Å². The summed E-state index contributed by atoms with van der Waals surface area (Å²) >= 11 is 3.49. The van der Waals surface area contributed by atoms with Crippen molar-refractivity contribution in [3.05, 3.63) is 28.2 Å². The molecule has 1 aliphatic rings. The number of halogens is 1. The average molecular weight is 338 g/mol. The van der Waals surface area contributed by atoms with Crippen LogP contribution >= 0.6 is 15.9 Å². The summed E-state index contributed by atoms with van der Waals surface area (Å²) in [5, 5.41) is 3.51. The second kappa shape index (κ2) is 7.68. The Morgan fingerprint density at radius 3 is 3.15 bits per heavy atom. The maximum absolute atomic E-state index is 5.69. The van der Waals surface area contributed by atoms with Crippen LogP contribution in [0.1, 0.15) is 25.3 Å². The van der Waals surface area contributed by atoms with E-state index in [2.05, 4.69) is 40.2 Å². The normalized spacial score (nSPS) is 19.6. The highest BCUT2D eigenvalue weighted by Crippen LogP contribution is 2.24. The van der Waals surface area contributed by atoms with Crippen LogP contribution in [0.4, 0.5) is 0 Å². The van der Waals surface area contributed by atoms with Crippen LogP contribution in [-0.4, -0.2) is 25.4 Å². The molecule has 1 saturated heterocycles. The SMILES string of the molecule is C#CCOc1ccc(Br)cc1CNC(C)C1CCCO1. The molecule has 2 atom stereocenters. The maximum Gasteiger partial charge on any atom is 0.148 e. The molecule has 4 heteroatoms. The highest BCUT2D eigenvalue weighted by Gasteiger charge is 2.22. The standard InChI is InChI=1S/C16H20BrNO2/c1-3-8-19-16-7-6-14(17)10-13(16)11-18-12(2)15-5-4-9-20-15/h1,6-7,10,12,15,18H,4-5,8-9,11H2,2H3. The van der Waals surface area contributed by atoms with Gasteiger partial charge in [-0.25, -0.2) is 0 Å². The van der Waals surface area contributed by atoms with Crippen molar-refractivity contribution in [1.82, 2.24) is 5.32 Å². The predicted octanol–water partition coefficient (Wildman–Crippen LogP) is 3.12. The molecular formula is C16H20BrNO2. The van der Waals surface area contributed by atoms with Gasteiger partial charge >= 0.3 is 0 Å². The molecule has 0 aliphatic carbocycles. The zero-order valence-corrected chi connectivity index (χ0v) is 13.3. The Kier molecular flexibility index (Phi) is 5.90. The Morgan fingerprint density at radius 1 is 1.60 bits per heavy atom. The molecule has 1 heterocycles. The third-order valence-corrected chi connectivity index (χ3v) is 3.96. The van der Waals surface area contributed by atoms with Gasteiger partial charge in [-0.15, -0.1) is 6.42 Å². The van der Waals surface area contributed by atoms with Crippen LogP contribution in [0.2, 0.25) is 0 Å². The van der Waals surface area contributed by atoms with Crippen LogP contribution in [0.5, 0.6) is 5.75 Å². The van der Waals surface area contributed by atoms with Crippen LogP contribution < -0.4 is 10.1 Å². The minimum Gasteiger partial charge on any atom is -0.481 e. The van der Waals surface area contributed by atoms with E-state index < -0.39 is 0 Å². The van der Waals surface area contributed by atoms with Crippen molar-refractivity contribution in [2.24, 2.45) is 0 Å². The van der Waals surface area contributed by atoms with E-state index in [0.29, 0.717) is 12.1 Å². The average Bonchev–Trinajstić information content (AvgIpc) is 2.98. The predicted molar refractivity (Wildman–Crippen MR) is 83.7 cm³/mol. The number of benzene rings is 1. The first kappa shape index (κ1) is 15.4. The maximum atomic E-state index is 5.69. The lowest BCUT2D eigenvalue weighted by molar-refractivity contribution is 0.0831. The molecule has 1 aromatic carbocycles. The van der Waals surface area contributed by atoms with Gasteiger partial charge in [-0.05, 0) is 38.0 Å². The Bertz CT molecular complexity index is 478. The molecule has 20 heavy (non-hydrogen) atoms. The van der Waals surface area contributed by atoms with Crippen molar-refractivity contribution in [3.63, 3.8) is 0 Å². The van der Waals surface area contributed by atoms with Gasteiger partial charge in [0.15, 0.2) is 0 Å². The van der Waals surface area contributed by atoms with Crippen molar-refractivity contribution in [2.75, 3.05) is 13.2 Å². The van der Waals surface area contributed by atoms with E-state index in [9.17, 15) is 0 Å². The van der Waals surface area contributed by atoms with Crippen molar-refractivity contribution in [1.29, 1.82) is 0 Å². The van der Waals surface area contributed by atoms with Crippen molar-refractivity contribution in [2.45, 2.75) is 38.5 Å². The molecule has 1 fully saturated rings. The second-order valence-electron chi connectivity index (χ2n) is 4.97. The van der Waals surface area contributed by atoms with Crippen LogP contribution in [-0.2, 0) is 11.3 Å². The number of nitrogens with one attached hydrogen (secondary N) is 1. The Morgan fingerprint density at radius 2 is 2.45 bits per heavy atom. The molecule has 1 aliphatic heterocycles. The molecule has 0 saturated carbocycles. The lowest BCUT2D eigenvalue weighted by Gasteiger charge is -2.21. The van der Waals surface area contributed by atoms with Crippen molar-refractivity contribution >= 4 is 15.9 Å². The fourth-order valence-electron chi connectivity index (χ4n) is 2.35. The fourth-order valence-corrected chi connectivity index (χ4v) is 2.75. The second-order valence-corrected chi connectivity index (χ2v) is 5.88. The van der Waals surface area contributed by atoms with Crippen LogP contribution in [0.15, 0.2) is 22.7 Å². The highest BCUT2D eigenvalue weighted by molar-refractivity contribution is 9.10. The first-order valence-corrected chi connectivity index (χ1v) is 7.69. The van der Waals surface area contributed by atoms with E-state index in [1.807, 2.05) is 12.1 Å². The van der Waals surface area contributed by atoms with Gasteiger partial charge in [-0.1, -0.05) is 21.9 Å². The molecule has 0 aromatic heterocycles. The fraction of sp³-hybridized carbons (Fsp3) is 0.500.